The van der Waals surface area contributed by atoms with Gasteiger partial charge in [-0.1, -0.05) is 36.7 Å². The van der Waals surface area contributed by atoms with Crippen LogP contribution < -0.4 is 15.0 Å². The molecule has 0 aliphatic carbocycles. The first-order valence-electron chi connectivity index (χ1n) is 9.26. The Kier molecular flexibility index (Phi) is 6.11. The fraction of sp³-hybridized carbons (Fsp3) is 0.381. The maximum absolute atomic E-state index is 12.8. The van der Waals surface area contributed by atoms with E-state index in [1.165, 1.54) is 0 Å². The van der Waals surface area contributed by atoms with Gasteiger partial charge in [0.05, 0.1) is 12.8 Å². The second kappa shape index (κ2) is 8.53. The number of rotatable bonds is 4. The van der Waals surface area contributed by atoms with Gasteiger partial charge >= 0.3 is 6.03 Å². The van der Waals surface area contributed by atoms with Crippen molar-refractivity contribution in [2.75, 3.05) is 43.5 Å². The van der Waals surface area contributed by atoms with Crippen molar-refractivity contribution in [2.24, 2.45) is 0 Å². The van der Waals surface area contributed by atoms with E-state index < -0.39 is 0 Å². The smallest absolute Gasteiger partial charge is 0.321 e. The molecule has 1 saturated heterocycles. The van der Waals surface area contributed by atoms with E-state index in [-0.39, 0.29) is 6.03 Å². The zero-order chi connectivity index (χ0) is 19.4. The number of hydrogen-bond acceptors (Lipinski definition) is 3. The molecule has 1 aliphatic rings. The number of carbonyl (C=O) groups is 1. The number of hydrogen-bond donors (Lipinski definition) is 1. The molecule has 5 nitrogen and oxygen atoms in total. The van der Waals surface area contributed by atoms with Crippen molar-refractivity contribution < 1.29 is 9.53 Å². The molecular formula is C21H26ClN3O2. The minimum absolute atomic E-state index is 0.0447. The zero-order valence-electron chi connectivity index (χ0n) is 16.1. The molecule has 1 heterocycles. The highest BCUT2D eigenvalue weighted by molar-refractivity contribution is 6.30. The summed E-state index contributed by atoms with van der Waals surface area (Å²) in [7, 11) is 1.66. The summed E-state index contributed by atoms with van der Waals surface area (Å²) in [6.45, 7) is 6.89. The van der Waals surface area contributed by atoms with Crippen LogP contribution in [0, 0.1) is 6.92 Å². The van der Waals surface area contributed by atoms with Crippen LogP contribution in [0.4, 0.5) is 16.2 Å². The first kappa shape index (κ1) is 19.4. The van der Waals surface area contributed by atoms with E-state index in [0.29, 0.717) is 18.1 Å². The molecule has 0 aromatic heterocycles. The van der Waals surface area contributed by atoms with E-state index in [2.05, 4.69) is 23.2 Å². The summed E-state index contributed by atoms with van der Waals surface area (Å²) in [4.78, 5) is 16.8. The Morgan fingerprint density at radius 1 is 1.19 bits per heavy atom. The average Bonchev–Trinajstić information content (AvgIpc) is 2.69. The molecule has 0 unspecified atom stereocenters. The van der Waals surface area contributed by atoms with Crippen LogP contribution in [0.3, 0.4) is 0 Å². The number of nitrogens with zero attached hydrogens (tertiary/aromatic N) is 2. The molecule has 27 heavy (non-hydrogen) atoms. The van der Waals surface area contributed by atoms with Crippen LogP contribution >= 0.6 is 11.6 Å². The summed E-state index contributed by atoms with van der Waals surface area (Å²) in [5.41, 5.74) is 4.15. The number of carbonyl (C=O) groups excluding carboxylic acids is 1. The molecule has 6 heteroatoms. The maximum atomic E-state index is 12.8. The van der Waals surface area contributed by atoms with Gasteiger partial charge in [0.25, 0.3) is 0 Å². The molecule has 1 fully saturated rings. The number of amides is 2. The van der Waals surface area contributed by atoms with Crippen molar-refractivity contribution in [3.05, 3.63) is 52.5 Å². The number of nitrogens with one attached hydrogen (secondary N) is 1. The molecule has 2 amide bonds. The summed E-state index contributed by atoms with van der Waals surface area (Å²) in [5.74, 6) is 0.796. The van der Waals surface area contributed by atoms with E-state index in [1.54, 1.807) is 7.11 Å². The topological polar surface area (TPSA) is 44.8 Å². The van der Waals surface area contributed by atoms with Crippen molar-refractivity contribution in [1.82, 2.24) is 4.90 Å². The molecule has 144 valence electrons. The Bertz CT molecular complexity index is 817. The van der Waals surface area contributed by atoms with Gasteiger partial charge < -0.3 is 19.9 Å². The summed E-state index contributed by atoms with van der Waals surface area (Å²) in [6, 6.07) is 11.7. The molecule has 1 N–H and O–H groups in total. The van der Waals surface area contributed by atoms with Gasteiger partial charge in [0.15, 0.2) is 0 Å². The lowest BCUT2D eigenvalue weighted by Crippen LogP contribution is -2.50. The number of piperazine rings is 1. The molecule has 1 aliphatic heterocycles. The predicted octanol–water partition coefficient (Wildman–Crippen LogP) is 4.57. The van der Waals surface area contributed by atoms with Gasteiger partial charge in [-0.15, -0.1) is 0 Å². The number of methoxy groups -OCH3 is 1. The third-order valence-corrected chi connectivity index (χ3v) is 5.26. The second-order valence-electron chi connectivity index (χ2n) is 6.68. The van der Waals surface area contributed by atoms with Crippen molar-refractivity contribution >= 4 is 29.0 Å². The third-order valence-electron chi connectivity index (χ3n) is 5.02. The fourth-order valence-electron chi connectivity index (χ4n) is 3.45. The van der Waals surface area contributed by atoms with Gasteiger partial charge in [-0.25, -0.2) is 4.79 Å². The highest BCUT2D eigenvalue weighted by Gasteiger charge is 2.24. The largest absolute Gasteiger partial charge is 0.495 e. The average molecular weight is 388 g/mol. The minimum atomic E-state index is -0.0447. The van der Waals surface area contributed by atoms with Gasteiger partial charge in [-0.3, -0.25) is 0 Å². The number of benzene rings is 2. The van der Waals surface area contributed by atoms with Gasteiger partial charge in [-0.2, -0.15) is 0 Å². The van der Waals surface area contributed by atoms with Crippen molar-refractivity contribution in [3.63, 3.8) is 0 Å². The Hall–Kier alpha value is -2.40. The lowest BCUT2D eigenvalue weighted by atomic mass is 10.1. The lowest BCUT2D eigenvalue weighted by Gasteiger charge is -2.36. The number of para-hydroxylation sites is 1. The molecule has 0 bridgehead atoms. The third kappa shape index (κ3) is 4.30. The number of ether oxygens (including phenoxy) is 1. The van der Waals surface area contributed by atoms with Gasteiger partial charge in [0, 0.05) is 36.9 Å². The van der Waals surface area contributed by atoms with Crippen molar-refractivity contribution in [1.29, 1.82) is 0 Å². The van der Waals surface area contributed by atoms with Gasteiger partial charge in [0.2, 0.25) is 0 Å². The maximum Gasteiger partial charge on any atom is 0.321 e. The minimum Gasteiger partial charge on any atom is -0.495 e. The Morgan fingerprint density at radius 2 is 1.93 bits per heavy atom. The molecule has 0 spiro atoms. The van der Waals surface area contributed by atoms with Crippen LogP contribution in [0.1, 0.15) is 18.1 Å². The molecule has 0 radical (unpaired) electrons. The number of anilines is 2. The van der Waals surface area contributed by atoms with E-state index in [1.807, 2.05) is 42.2 Å². The Morgan fingerprint density at radius 3 is 2.59 bits per heavy atom. The van der Waals surface area contributed by atoms with Crippen LogP contribution in [0.25, 0.3) is 0 Å². The van der Waals surface area contributed by atoms with E-state index in [0.717, 1.165) is 47.8 Å². The predicted molar refractivity (Wildman–Crippen MR) is 111 cm³/mol. The lowest BCUT2D eigenvalue weighted by molar-refractivity contribution is 0.208. The Balaban J connectivity index is 1.66. The first-order valence-corrected chi connectivity index (χ1v) is 9.64. The highest BCUT2D eigenvalue weighted by Crippen LogP contribution is 2.32. The first-order chi connectivity index (χ1) is 13.0. The van der Waals surface area contributed by atoms with Crippen molar-refractivity contribution in [2.45, 2.75) is 20.3 Å². The normalized spacial score (nSPS) is 14.2. The molecule has 2 aromatic rings. The molecule has 0 saturated carbocycles. The van der Waals surface area contributed by atoms with Crippen LogP contribution in [0.5, 0.6) is 5.75 Å². The summed E-state index contributed by atoms with van der Waals surface area (Å²) < 4.78 is 5.45. The zero-order valence-corrected chi connectivity index (χ0v) is 16.8. The quantitative estimate of drug-likeness (QED) is 0.835. The summed E-state index contributed by atoms with van der Waals surface area (Å²) >= 11 is 6.15. The molecule has 0 atom stereocenters. The van der Waals surface area contributed by atoms with Crippen LogP contribution in [0.15, 0.2) is 36.4 Å². The standard InChI is InChI=1S/C21H26ClN3O2/c1-4-16-7-5-6-15(2)20(16)23-21(26)25-12-10-24(11-13-25)18-14-17(22)8-9-19(18)27-3/h5-9,14H,4,10-13H2,1-3H3,(H,23,26). The van der Waals surface area contributed by atoms with Gasteiger partial charge in [0.1, 0.15) is 5.75 Å². The molecule has 3 rings (SSSR count). The second-order valence-corrected chi connectivity index (χ2v) is 7.12. The van der Waals surface area contributed by atoms with E-state index in [4.69, 9.17) is 16.3 Å². The molecule has 2 aromatic carbocycles. The molecular weight excluding hydrogens is 362 g/mol. The van der Waals surface area contributed by atoms with Crippen LogP contribution in [0.2, 0.25) is 5.02 Å². The van der Waals surface area contributed by atoms with Crippen LogP contribution in [-0.4, -0.2) is 44.2 Å². The summed E-state index contributed by atoms with van der Waals surface area (Å²) in [5, 5.41) is 3.79. The Labute approximate surface area is 165 Å². The number of urea groups is 1. The number of aryl methyl sites for hydroxylation is 2. The monoisotopic (exact) mass is 387 g/mol. The van der Waals surface area contributed by atoms with E-state index in [9.17, 15) is 4.79 Å². The van der Waals surface area contributed by atoms with Crippen LogP contribution in [-0.2, 0) is 6.42 Å². The summed E-state index contributed by atoms with van der Waals surface area (Å²) in [6.07, 6.45) is 0.889. The fourth-order valence-corrected chi connectivity index (χ4v) is 3.62. The highest BCUT2D eigenvalue weighted by atomic mass is 35.5. The van der Waals surface area contributed by atoms with Crippen molar-refractivity contribution in [3.8, 4) is 5.75 Å². The number of halogens is 1. The van der Waals surface area contributed by atoms with Gasteiger partial charge in [-0.05, 0) is 42.7 Å². The SMILES string of the molecule is CCc1cccc(C)c1NC(=O)N1CCN(c2cc(Cl)ccc2OC)CC1. The van der Waals surface area contributed by atoms with E-state index >= 15 is 0 Å².